The van der Waals surface area contributed by atoms with E-state index in [2.05, 4.69) is 20.3 Å². The third kappa shape index (κ3) is 4.60. The third-order valence-electron chi connectivity index (χ3n) is 4.84. The Hall–Kier alpha value is -3.61. The van der Waals surface area contributed by atoms with Crippen molar-refractivity contribution in [2.75, 3.05) is 5.32 Å². The largest absolute Gasteiger partial charge is 0.491 e. The average Bonchev–Trinajstić information content (AvgIpc) is 3.17. The molecule has 1 N–H and O–H groups in total. The molecule has 0 bridgehead atoms. The molecule has 31 heavy (non-hydrogen) atoms. The fourth-order valence-electron chi connectivity index (χ4n) is 3.34. The molecule has 2 aromatic heterocycles. The lowest BCUT2D eigenvalue weighted by Crippen LogP contribution is -2.15. The van der Waals surface area contributed by atoms with Crippen LogP contribution in [0.1, 0.15) is 66.5 Å². The molecule has 0 saturated heterocycles. The van der Waals surface area contributed by atoms with Crippen LogP contribution in [0.3, 0.4) is 0 Å². The molecule has 0 unspecified atom stereocenters. The van der Waals surface area contributed by atoms with Gasteiger partial charge in [-0.2, -0.15) is 0 Å². The molecule has 158 valence electrons. The van der Waals surface area contributed by atoms with Crippen molar-refractivity contribution in [2.24, 2.45) is 4.99 Å². The van der Waals surface area contributed by atoms with Gasteiger partial charge in [-0.1, -0.05) is 19.9 Å². The maximum absolute atomic E-state index is 12.6. The second-order valence-electron chi connectivity index (χ2n) is 8.02. The summed E-state index contributed by atoms with van der Waals surface area (Å²) in [4.78, 5) is 30.1. The molecule has 7 heteroatoms. The minimum absolute atomic E-state index is 0.0983. The predicted octanol–water partition coefficient (Wildman–Crippen LogP) is 4.39. The number of fused-ring (bicyclic) bond motifs is 1. The molecule has 1 aliphatic heterocycles. The van der Waals surface area contributed by atoms with Gasteiger partial charge in [-0.15, -0.1) is 0 Å². The molecule has 3 heterocycles. The molecule has 0 aliphatic carbocycles. The summed E-state index contributed by atoms with van der Waals surface area (Å²) >= 11 is 0. The van der Waals surface area contributed by atoms with Gasteiger partial charge in [-0.05, 0) is 43.7 Å². The first-order valence-electron chi connectivity index (χ1n) is 10.3. The van der Waals surface area contributed by atoms with Crippen molar-refractivity contribution >= 4 is 17.4 Å². The standard InChI is InChI=1S/C24H25N5O2/c1-14(2)23-27-12-18(13-28-23)24(30)29-21-9-16(7-8-25-21)22-20-10-19(31-15(3)4)6-5-17(20)11-26-22/h5-10,12-15H,11H2,1-4H3,(H,25,29,30). The highest BCUT2D eigenvalue weighted by Gasteiger charge is 2.19. The van der Waals surface area contributed by atoms with Crippen molar-refractivity contribution in [3.05, 3.63) is 77.0 Å². The van der Waals surface area contributed by atoms with Gasteiger partial charge in [-0.3, -0.25) is 9.79 Å². The first-order chi connectivity index (χ1) is 14.9. The van der Waals surface area contributed by atoms with E-state index in [-0.39, 0.29) is 17.9 Å². The summed E-state index contributed by atoms with van der Waals surface area (Å²) in [5.41, 5.74) is 4.33. The van der Waals surface area contributed by atoms with Crippen LogP contribution in [0, 0.1) is 0 Å². The van der Waals surface area contributed by atoms with Crippen LogP contribution in [0.5, 0.6) is 5.75 Å². The van der Waals surface area contributed by atoms with Gasteiger partial charge >= 0.3 is 0 Å². The van der Waals surface area contributed by atoms with Gasteiger partial charge in [0.1, 0.15) is 17.4 Å². The maximum Gasteiger partial charge on any atom is 0.259 e. The molecule has 1 amide bonds. The zero-order valence-electron chi connectivity index (χ0n) is 18.1. The summed E-state index contributed by atoms with van der Waals surface area (Å²) in [7, 11) is 0. The number of aromatic nitrogens is 3. The number of aliphatic imine (C=N–C) groups is 1. The quantitative estimate of drug-likeness (QED) is 0.645. The lowest BCUT2D eigenvalue weighted by atomic mass is 10.0. The average molecular weight is 415 g/mol. The molecule has 0 saturated carbocycles. The van der Waals surface area contributed by atoms with E-state index in [9.17, 15) is 4.79 Å². The van der Waals surface area contributed by atoms with Crippen LogP contribution in [0.4, 0.5) is 5.82 Å². The number of amides is 1. The number of rotatable bonds is 6. The van der Waals surface area contributed by atoms with Gasteiger partial charge in [0.05, 0.1) is 23.9 Å². The van der Waals surface area contributed by atoms with Crippen LogP contribution >= 0.6 is 0 Å². The molecule has 1 aliphatic rings. The molecule has 7 nitrogen and oxygen atoms in total. The van der Waals surface area contributed by atoms with Crippen molar-refractivity contribution in [3.8, 4) is 5.75 Å². The number of ether oxygens (including phenoxy) is 1. The van der Waals surface area contributed by atoms with Gasteiger partial charge in [-0.25, -0.2) is 15.0 Å². The van der Waals surface area contributed by atoms with Crippen LogP contribution in [0.15, 0.2) is 53.9 Å². The molecule has 4 rings (SSSR count). The lowest BCUT2D eigenvalue weighted by Gasteiger charge is -2.12. The lowest BCUT2D eigenvalue weighted by molar-refractivity contribution is 0.102. The monoisotopic (exact) mass is 415 g/mol. The van der Waals surface area contributed by atoms with Gasteiger partial charge in [0.2, 0.25) is 0 Å². The Morgan fingerprint density at radius 3 is 2.52 bits per heavy atom. The molecule has 1 aromatic carbocycles. The topological polar surface area (TPSA) is 89.4 Å². The summed E-state index contributed by atoms with van der Waals surface area (Å²) < 4.78 is 5.84. The van der Waals surface area contributed by atoms with Crippen LogP contribution in [0.2, 0.25) is 0 Å². The molecular formula is C24H25N5O2. The predicted molar refractivity (Wildman–Crippen MR) is 120 cm³/mol. The number of benzene rings is 1. The highest BCUT2D eigenvalue weighted by atomic mass is 16.5. The minimum Gasteiger partial charge on any atom is -0.491 e. The van der Waals surface area contributed by atoms with Gasteiger partial charge in [0.25, 0.3) is 5.91 Å². The summed E-state index contributed by atoms with van der Waals surface area (Å²) in [6.07, 6.45) is 4.84. The van der Waals surface area contributed by atoms with E-state index in [1.807, 2.05) is 58.0 Å². The number of hydrogen-bond donors (Lipinski definition) is 1. The maximum atomic E-state index is 12.6. The van der Waals surface area contributed by atoms with E-state index in [0.29, 0.717) is 23.8 Å². The molecule has 0 radical (unpaired) electrons. The first-order valence-corrected chi connectivity index (χ1v) is 10.3. The molecule has 0 fully saturated rings. The number of carbonyl (C=O) groups excluding carboxylic acids is 1. The number of hydrogen-bond acceptors (Lipinski definition) is 6. The smallest absolute Gasteiger partial charge is 0.259 e. The summed E-state index contributed by atoms with van der Waals surface area (Å²) in [6, 6.07) is 9.76. The summed E-state index contributed by atoms with van der Waals surface area (Å²) in [5.74, 6) is 1.87. The normalized spacial score (nSPS) is 12.6. The zero-order valence-corrected chi connectivity index (χ0v) is 18.1. The van der Waals surface area contributed by atoms with Crippen molar-refractivity contribution in [3.63, 3.8) is 0 Å². The van der Waals surface area contributed by atoms with Crippen LogP contribution < -0.4 is 10.1 Å². The second-order valence-corrected chi connectivity index (χ2v) is 8.02. The van der Waals surface area contributed by atoms with E-state index < -0.39 is 0 Å². The Morgan fingerprint density at radius 2 is 1.81 bits per heavy atom. The molecular weight excluding hydrogens is 390 g/mol. The Balaban J connectivity index is 1.54. The number of nitrogens with one attached hydrogen (secondary N) is 1. The van der Waals surface area contributed by atoms with Crippen LogP contribution in [0.25, 0.3) is 0 Å². The number of carbonyl (C=O) groups is 1. The van der Waals surface area contributed by atoms with Crippen LogP contribution in [-0.2, 0) is 6.54 Å². The molecule has 3 aromatic rings. The molecule has 0 spiro atoms. The van der Waals surface area contributed by atoms with E-state index in [0.717, 1.165) is 28.2 Å². The highest BCUT2D eigenvalue weighted by molar-refractivity contribution is 6.16. The van der Waals surface area contributed by atoms with Crippen molar-refractivity contribution < 1.29 is 9.53 Å². The van der Waals surface area contributed by atoms with Gasteiger partial charge in [0, 0.05) is 35.6 Å². The fourth-order valence-corrected chi connectivity index (χ4v) is 3.34. The van der Waals surface area contributed by atoms with E-state index >= 15 is 0 Å². The fraction of sp³-hybridized carbons (Fsp3) is 0.292. The van der Waals surface area contributed by atoms with E-state index in [1.165, 1.54) is 12.4 Å². The number of pyridine rings is 1. The van der Waals surface area contributed by atoms with E-state index in [1.54, 1.807) is 6.20 Å². The SMILES string of the molecule is CC(C)Oc1ccc2c(c1)C(c1ccnc(NC(=O)c3cnc(C(C)C)nc3)c1)=NC2. The van der Waals surface area contributed by atoms with E-state index in [4.69, 9.17) is 9.73 Å². The van der Waals surface area contributed by atoms with Crippen molar-refractivity contribution in [1.29, 1.82) is 0 Å². The Morgan fingerprint density at radius 1 is 1.03 bits per heavy atom. The van der Waals surface area contributed by atoms with Crippen molar-refractivity contribution in [2.45, 2.75) is 46.3 Å². The van der Waals surface area contributed by atoms with Gasteiger partial charge in [0.15, 0.2) is 0 Å². The highest BCUT2D eigenvalue weighted by Crippen LogP contribution is 2.28. The molecule has 0 atom stereocenters. The Labute approximate surface area is 181 Å². The third-order valence-corrected chi connectivity index (χ3v) is 4.84. The number of nitrogens with zero attached hydrogens (tertiary/aromatic N) is 4. The van der Waals surface area contributed by atoms with Gasteiger partial charge < -0.3 is 10.1 Å². The zero-order chi connectivity index (χ0) is 22.0. The summed E-state index contributed by atoms with van der Waals surface area (Å²) in [5, 5.41) is 2.82. The minimum atomic E-state index is -0.304. The first kappa shape index (κ1) is 20.7. The van der Waals surface area contributed by atoms with Crippen LogP contribution in [-0.4, -0.2) is 32.7 Å². The second kappa shape index (κ2) is 8.63. The number of anilines is 1. The van der Waals surface area contributed by atoms with Crippen molar-refractivity contribution in [1.82, 2.24) is 15.0 Å². The Bertz CT molecular complexity index is 1140. The Kier molecular flexibility index (Phi) is 5.75. The summed E-state index contributed by atoms with van der Waals surface area (Å²) in [6.45, 7) is 8.64.